The summed E-state index contributed by atoms with van der Waals surface area (Å²) in [5.41, 5.74) is 3.93. The van der Waals surface area contributed by atoms with Crippen LogP contribution in [0.15, 0.2) is 66.7 Å². The Morgan fingerprint density at radius 1 is 0.935 bits per heavy atom. The van der Waals surface area contributed by atoms with Crippen LogP contribution < -0.4 is 5.32 Å². The van der Waals surface area contributed by atoms with Crippen LogP contribution in [-0.4, -0.2) is 23.0 Å². The van der Waals surface area contributed by atoms with Gasteiger partial charge >= 0.3 is 5.97 Å². The topological polar surface area (TPSA) is 68.3 Å². The van der Waals surface area contributed by atoms with Crippen LogP contribution in [-0.2, 0) is 22.4 Å². The molecule has 0 radical (unpaired) electrons. The number of amides is 1. The fraction of sp³-hybridized carbons (Fsp3) is 0.192. The summed E-state index contributed by atoms with van der Waals surface area (Å²) in [5.74, 6) is -0.836. The number of hydrogen-bond donors (Lipinski definition) is 1. The summed E-state index contributed by atoms with van der Waals surface area (Å²) in [4.78, 5) is 30.7. The number of fused-ring (bicyclic) bond motifs is 3. The molecule has 31 heavy (non-hydrogen) atoms. The summed E-state index contributed by atoms with van der Waals surface area (Å²) in [7, 11) is 0. The van der Waals surface area contributed by atoms with Crippen LogP contribution in [0.4, 0.5) is 5.69 Å². The quantitative estimate of drug-likeness (QED) is 0.478. The van der Waals surface area contributed by atoms with Gasteiger partial charge in [-0.25, -0.2) is 4.79 Å². The van der Waals surface area contributed by atoms with Crippen LogP contribution in [0.25, 0.3) is 21.7 Å². The molecular weight excluding hydrogens is 388 g/mol. The average Bonchev–Trinajstić information content (AvgIpc) is 3.25. The second-order valence-corrected chi connectivity index (χ2v) is 7.85. The van der Waals surface area contributed by atoms with E-state index in [0.29, 0.717) is 11.3 Å². The van der Waals surface area contributed by atoms with Gasteiger partial charge in [0.1, 0.15) is 0 Å². The normalized spacial score (nSPS) is 13.7. The monoisotopic (exact) mass is 410 g/mol. The van der Waals surface area contributed by atoms with Crippen molar-refractivity contribution in [2.24, 2.45) is 0 Å². The highest BCUT2D eigenvalue weighted by molar-refractivity contribution is 6.07. The lowest BCUT2D eigenvalue weighted by Gasteiger charge is -2.17. The zero-order valence-corrected chi connectivity index (χ0v) is 17.2. The molecular formula is C26H22N2O3. The summed E-state index contributed by atoms with van der Waals surface area (Å²) in [6.45, 7) is 1.60. The van der Waals surface area contributed by atoms with Gasteiger partial charge in [0.25, 0.3) is 5.91 Å². The molecule has 0 bridgehead atoms. The lowest BCUT2D eigenvalue weighted by Crippen LogP contribution is -2.30. The second kappa shape index (κ2) is 7.84. The third-order valence-corrected chi connectivity index (χ3v) is 5.82. The summed E-state index contributed by atoms with van der Waals surface area (Å²) < 4.78 is 5.64. The zero-order chi connectivity index (χ0) is 21.4. The molecule has 1 aromatic heterocycles. The Bertz CT molecular complexity index is 1320. The highest BCUT2D eigenvalue weighted by Crippen LogP contribution is 2.31. The Balaban J connectivity index is 1.40. The number of pyridine rings is 1. The van der Waals surface area contributed by atoms with Crippen molar-refractivity contribution in [2.75, 3.05) is 5.32 Å². The molecule has 1 aliphatic carbocycles. The van der Waals surface area contributed by atoms with Crippen molar-refractivity contribution in [1.29, 1.82) is 0 Å². The van der Waals surface area contributed by atoms with E-state index in [1.54, 1.807) is 6.92 Å². The van der Waals surface area contributed by atoms with E-state index in [-0.39, 0.29) is 5.91 Å². The van der Waals surface area contributed by atoms with Gasteiger partial charge in [-0.15, -0.1) is 0 Å². The SMILES string of the molecule is C[C@H](OC(=O)c1c2c(nc3ccccc13)CCC2)C(=O)Nc1cccc2ccccc12. The minimum atomic E-state index is -0.935. The lowest BCUT2D eigenvalue weighted by atomic mass is 10.0. The third kappa shape index (κ3) is 3.52. The summed E-state index contributed by atoms with van der Waals surface area (Å²) in [6.07, 6.45) is 1.69. The van der Waals surface area contributed by atoms with Crippen LogP contribution in [0, 0.1) is 0 Å². The Hall–Kier alpha value is -3.73. The van der Waals surface area contributed by atoms with E-state index in [0.717, 1.165) is 52.2 Å². The fourth-order valence-electron chi connectivity index (χ4n) is 4.29. The minimum Gasteiger partial charge on any atom is -0.449 e. The number of para-hydroxylation sites is 1. The predicted octanol–water partition coefficient (Wildman–Crippen LogP) is 5.06. The number of aryl methyl sites for hydroxylation is 1. The molecule has 1 heterocycles. The molecule has 0 spiro atoms. The third-order valence-electron chi connectivity index (χ3n) is 5.82. The molecule has 0 unspecified atom stereocenters. The predicted molar refractivity (Wildman–Crippen MR) is 121 cm³/mol. The second-order valence-electron chi connectivity index (χ2n) is 7.85. The van der Waals surface area contributed by atoms with E-state index < -0.39 is 12.1 Å². The average molecular weight is 410 g/mol. The van der Waals surface area contributed by atoms with E-state index in [1.165, 1.54) is 0 Å². The maximum atomic E-state index is 13.2. The molecule has 5 nitrogen and oxygen atoms in total. The number of carbonyl (C=O) groups is 2. The largest absolute Gasteiger partial charge is 0.449 e. The number of rotatable bonds is 4. The van der Waals surface area contributed by atoms with E-state index >= 15 is 0 Å². The van der Waals surface area contributed by atoms with Gasteiger partial charge in [-0.3, -0.25) is 9.78 Å². The van der Waals surface area contributed by atoms with Crippen molar-refractivity contribution in [1.82, 2.24) is 4.98 Å². The van der Waals surface area contributed by atoms with E-state index in [2.05, 4.69) is 5.32 Å². The zero-order valence-electron chi connectivity index (χ0n) is 17.2. The first-order valence-electron chi connectivity index (χ1n) is 10.5. The number of ether oxygens (including phenoxy) is 1. The van der Waals surface area contributed by atoms with Crippen LogP contribution in [0.3, 0.4) is 0 Å². The highest BCUT2D eigenvalue weighted by Gasteiger charge is 2.27. The number of carbonyl (C=O) groups excluding carboxylic acids is 2. The number of anilines is 1. The Kier molecular flexibility index (Phi) is 4.86. The van der Waals surface area contributed by atoms with Crippen molar-refractivity contribution in [3.63, 3.8) is 0 Å². The van der Waals surface area contributed by atoms with Gasteiger partial charge in [0.15, 0.2) is 6.10 Å². The van der Waals surface area contributed by atoms with Crippen molar-refractivity contribution >= 4 is 39.2 Å². The lowest BCUT2D eigenvalue weighted by molar-refractivity contribution is -0.123. The maximum absolute atomic E-state index is 13.2. The van der Waals surface area contributed by atoms with Gasteiger partial charge in [-0.2, -0.15) is 0 Å². The first kappa shape index (κ1) is 19.2. The van der Waals surface area contributed by atoms with Gasteiger partial charge in [0, 0.05) is 22.2 Å². The van der Waals surface area contributed by atoms with Crippen LogP contribution in [0.1, 0.15) is 35.0 Å². The van der Waals surface area contributed by atoms with E-state index in [9.17, 15) is 9.59 Å². The van der Waals surface area contributed by atoms with Gasteiger partial charge < -0.3 is 10.1 Å². The summed E-state index contributed by atoms with van der Waals surface area (Å²) >= 11 is 0. The molecule has 4 aromatic rings. The number of benzene rings is 3. The molecule has 0 fully saturated rings. The summed E-state index contributed by atoms with van der Waals surface area (Å²) in [5, 5.41) is 5.65. The molecule has 5 heteroatoms. The first-order chi connectivity index (χ1) is 15.1. The molecule has 0 saturated heterocycles. The molecule has 0 aliphatic heterocycles. The van der Waals surface area contributed by atoms with Crippen molar-refractivity contribution < 1.29 is 14.3 Å². The smallest absolute Gasteiger partial charge is 0.339 e. The van der Waals surface area contributed by atoms with Crippen LogP contribution in [0.2, 0.25) is 0 Å². The molecule has 3 aromatic carbocycles. The standard InChI is InChI=1S/C26H22N2O3/c1-16(25(29)28-21-14-6-9-17-8-2-3-10-18(17)21)31-26(30)24-19-11-4-5-13-22(19)27-23-15-7-12-20(23)24/h2-6,8-11,13-14,16H,7,12,15H2,1H3,(H,28,29)/t16-/m0/s1. The number of nitrogens with zero attached hydrogens (tertiary/aromatic N) is 1. The number of hydrogen-bond acceptors (Lipinski definition) is 4. The number of aromatic nitrogens is 1. The Morgan fingerprint density at radius 3 is 2.55 bits per heavy atom. The maximum Gasteiger partial charge on any atom is 0.339 e. The van der Waals surface area contributed by atoms with Gasteiger partial charge in [0.05, 0.1) is 11.1 Å². The molecule has 1 aliphatic rings. The Morgan fingerprint density at radius 2 is 1.68 bits per heavy atom. The highest BCUT2D eigenvalue weighted by atomic mass is 16.5. The molecule has 5 rings (SSSR count). The van der Waals surface area contributed by atoms with Crippen LogP contribution >= 0.6 is 0 Å². The number of esters is 1. The van der Waals surface area contributed by atoms with Crippen LogP contribution in [0.5, 0.6) is 0 Å². The van der Waals surface area contributed by atoms with Gasteiger partial charge in [-0.05, 0) is 49.3 Å². The van der Waals surface area contributed by atoms with Crippen molar-refractivity contribution in [2.45, 2.75) is 32.3 Å². The first-order valence-corrected chi connectivity index (χ1v) is 10.5. The van der Waals surface area contributed by atoms with Crippen molar-refractivity contribution in [3.8, 4) is 0 Å². The van der Waals surface area contributed by atoms with Crippen molar-refractivity contribution in [3.05, 3.63) is 83.6 Å². The summed E-state index contributed by atoms with van der Waals surface area (Å²) in [6, 6.07) is 21.1. The van der Waals surface area contributed by atoms with Gasteiger partial charge in [0.2, 0.25) is 0 Å². The van der Waals surface area contributed by atoms with Gasteiger partial charge in [-0.1, -0.05) is 54.6 Å². The van der Waals surface area contributed by atoms with E-state index in [4.69, 9.17) is 9.72 Å². The molecule has 1 N–H and O–H groups in total. The molecule has 0 saturated carbocycles. The fourth-order valence-corrected chi connectivity index (χ4v) is 4.29. The molecule has 1 amide bonds. The molecule has 1 atom stereocenters. The van der Waals surface area contributed by atoms with E-state index in [1.807, 2.05) is 66.7 Å². The Labute approximate surface area is 180 Å². The number of nitrogens with one attached hydrogen (secondary N) is 1. The molecule has 154 valence electrons. The minimum absolute atomic E-state index is 0.361.